The summed E-state index contributed by atoms with van der Waals surface area (Å²) in [7, 11) is 1.20. The van der Waals surface area contributed by atoms with Gasteiger partial charge >= 0.3 is 18.2 Å². The Kier molecular flexibility index (Phi) is 9.38. The summed E-state index contributed by atoms with van der Waals surface area (Å²) in [6.07, 6.45) is -3.63. The Balaban J connectivity index is 1.53. The van der Waals surface area contributed by atoms with E-state index >= 15 is 0 Å². The fourth-order valence-electron chi connectivity index (χ4n) is 4.93. The fraction of sp³-hybridized carbons (Fsp3) is 0.419. The number of amides is 1. The molecule has 2 heterocycles. The standard InChI is InChI=1S/C31H35F3N4O4/c1-30(2,3)42-29(40)38-15-14-22(19-38)21-10-12-24(13-11-21)36-28-35-18-25(31(32,33)34)27(37-28)23(17-26(39)41-4)16-20-8-6-5-7-9-20/h5-13,18,22-23H,14-17,19H2,1-4H3,(H,35,36,37). The minimum atomic E-state index is -4.71. The van der Waals surface area contributed by atoms with Crippen LogP contribution < -0.4 is 5.32 Å². The molecule has 0 radical (unpaired) electrons. The van der Waals surface area contributed by atoms with Crippen LogP contribution in [0.2, 0.25) is 0 Å². The SMILES string of the molecule is COC(=O)CC(Cc1ccccc1)c1nc(Nc2ccc(C3CCN(C(=O)OC(C)(C)C)C3)cc2)ncc1C(F)(F)F. The number of likely N-dealkylation sites (tertiary alicyclic amines) is 1. The lowest BCUT2D eigenvalue weighted by atomic mass is 9.90. The molecule has 1 saturated heterocycles. The molecule has 3 aromatic rings. The number of ether oxygens (including phenoxy) is 2. The Labute approximate surface area is 243 Å². The lowest BCUT2D eigenvalue weighted by molar-refractivity contribution is -0.143. The van der Waals surface area contributed by atoms with Gasteiger partial charge in [-0.1, -0.05) is 42.5 Å². The van der Waals surface area contributed by atoms with Crippen LogP contribution in [-0.2, 0) is 26.9 Å². The molecule has 1 aromatic heterocycles. The van der Waals surface area contributed by atoms with Crippen LogP contribution in [0.4, 0.5) is 29.6 Å². The van der Waals surface area contributed by atoms with Crippen molar-refractivity contribution in [3.63, 3.8) is 0 Å². The largest absolute Gasteiger partial charge is 0.469 e. The molecule has 4 rings (SSSR count). The first kappa shape index (κ1) is 30.8. The summed E-state index contributed by atoms with van der Waals surface area (Å²) >= 11 is 0. The third-order valence-corrected chi connectivity index (χ3v) is 6.95. The van der Waals surface area contributed by atoms with Crippen LogP contribution in [0, 0.1) is 0 Å². The van der Waals surface area contributed by atoms with Gasteiger partial charge in [0.15, 0.2) is 0 Å². The number of carbonyl (C=O) groups is 2. The minimum Gasteiger partial charge on any atom is -0.469 e. The van der Waals surface area contributed by atoms with Gasteiger partial charge in [0, 0.05) is 36.8 Å². The van der Waals surface area contributed by atoms with Crippen molar-refractivity contribution in [2.45, 2.75) is 63.6 Å². The van der Waals surface area contributed by atoms with E-state index in [1.807, 2.05) is 39.0 Å². The van der Waals surface area contributed by atoms with Crippen LogP contribution in [0.25, 0.3) is 0 Å². The van der Waals surface area contributed by atoms with Crippen LogP contribution in [0.15, 0.2) is 60.8 Å². The summed E-state index contributed by atoms with van der Waals surface area (Å²) in [6, 6.07) is 16.4. The number of esters is 1. The number of hydrogen-bond acceptors (Lipinski definition) is 7. The molecule has 2 atom stereocenters. The lowest BCUT2D eigenvalue weighted by Crippen LogP contribution is -2.35. The summed E-state index contributed by atoms with van der Waals surface area (Å²) < 4.78 is 52.3. The Morgan fingerprint density at radius 3 is 2.38 bits per heavy atom. The highest BCUT2D eigenvalue weighted by Crippen LogP contribution is 2.37. The topological polar surface area (TPSA) is 93.7 Å². The summed E-state index contributed by atoms with van der Waals surface area (Å²) in [5, 5.41) is 2.99. The number of benzene rings is 2. The number of nitrogens with zero attached hydrogens (tertiary/aromatic N) is 3. The van der Waals surface area contributed by atoms with Crippen LogP contribution >= 0.6 is 0 Å². The van der Waals surface area contributed by atoms with Gasteiger partial charge in [0.25, 0.3) is 0 Å². The summed E-state index contributed by atoms with van der Waals surface area (Å²) in [6.45, 7) is 6.62. The van der Waals surface area contributed by atoms with Gasteiger partial charge in [0.05, 0.1) is 24.8 Å². The average Bonchev–Trinajstić information content (AvgIpc) is 3.43. The van der Waals surface area contributed by atoms with E-state index in [9.17, 15) is 22.8 Å². The second kappa shape index (κ2) is 12.8. The molecule has 1 aliphatic heterocycles. The molecule has 0 aliphatic carbocycles. The van der Waals surface area contributed by atoms with Gasteiger partial charge in [-0.2, -0.15) is 13.2 Å². The first-order chi connectivity index (χ1) is 19.8. The maximum atomic E-state index is 14.0. The Hall–Kier alpha value is -4.15. The van der Waals surface area contributed by atoms with Gasteiger partial charge in [-0.05, 0) is 56.9 Å². The zero-order valence-electron chi connectivity index (χ0n) is 24.1. The van der Waals surface area contributed by atoms with Crippen LogP contribution in [-0.4, -0.2) is 52.7 Å². The molecule has 0 saturated carbocycles. The molecule has 11 heteroatoms. The molecule has 1 fully saturated rings. The minimum absolute atomic E-state index is 0.0226. The molecule has 1 N–H and O–H groups in total. The van der Waals surface area contributed by atoms with Crippen molar-refractivity contribution in [2.24, 2.45) is 0 Å². The quantitative estimate of drug-likeness (QED) is 0.289. The van der Waals surface area contributed by atoms with Crippen molar-refractivity contribution in [2.75, 3.05) is 25.5 Å². The molecule has 2 unspecified atom stereocenters. The van der Waals surface area contributed by atoms with Gasteiger partial charge in [-0.3, -0.25) is 4.79 Å². The number of methoxy groups -OCH3 is 1. The fourth-order valence-corrected chi connectivity index (χ4v) is 4.93. The van der Waals surface area contributed by atoms with Gasteiger partial charge in [-0.25, -0.2) is 14.8 Å². The van der Waals surface area contributed by atoms with E-state index in [0.717, 1.165) is 23.7 Å². The number of anilines is 2. The van der Waals surface area contributed by atoms with Gasteiger partial charge in [0.2, 0.25) is 5.95 Å². The van der Waals surface area contributed by atoms with Crippen molar-refractivity contribution < 1.29 is 32.2 Å². The van der Waals surface area contributed by atoms with E-state index in [1.165, 1.54) is 7.11 Å². The Morgan fingerprint density at radius 2 is 1.76 bits per heavy atom. The molecule has 8 nitrogen and oxygen atoms in total. The van der Waals surface area contributed by atoms with Crippen LogP contribution in [0.3, 0.4) is 0 Å². The number of nitrogens with one attached hydrogen (secondary N) is 1. The molecule has 1 amide bonds. The van der Waals surface area contributed by atoms with Crippen molar-refractivity contribution >= 4 is 23.7 Å². The van der Waals surface area contributed by atoms with Gasteiger partial charge in [-0.15, -0.1) is 0 Å². The van der Waals surface area contributed by atoms with Gasteiger partial charge < -0.3 is 19.7 Å². The van der Waals surface area contributed by atoms with E-state index in [2.05, 4.69) is 15.3 Å². The van der Waals surface area contributed by atoms with Gasteiger partial charge in [0.1, 0.15) is 5.60 Å². The zero-order valence-corrected chi connectivity index (χ0v) is 24.1. The molecule has 2 aromatic carbocycles. The molecule has 224 valence electrons. The maximum Gasteiger partial charge on any atom is 0.419 e. The molecule has 0 spiro atoms. The highest BCUT2D eigenvalue weighted by molar-refractivity contribution is 5.70. The average molecular weight is 585 g/mol. The highest BCUT2D eigenvalue weighted by atomic mass is 19.4. The Morgan fingerprint density at radius 1 is 1.07 bits per heavy atom. The van der Waals surface area contributed by atoms with E-state index in [1.54, 1.807) is 41.3 Å². The van der Waals surface area contributed by atoms with Crippen LogP contribution in [0.1, 0.15) is 67.8 Å². The maximum absolute atomic E-state index is 14.0. The zero-order chi connectivity index (χ0) is 30.5. The lowest BCUT2D eigenvalue weighted by Gasteiger charge is -2.24. The van der Waals surface area contributed by atoms with Crippen molar-refractivity contribution in [3.8, 4) is 0 Å². The van der Waals surface area contributed by atoms with E-state index in [-0.39, 0.29) is 36.5 Å². The third-order valence-electron chi connectivity index (χ3n) is 6.95. The molecular formula is C31H35F3N4O4. The summed E-state index contributed by atoms with van der Waals surface area (Å²) in [5.41, 5.74) is 0.535. The number of alkyl halides is 3. The van der Waals surface area contributed by atoms with E-state index in [4.69, 9.17) is 9.47 Å². The Bertz CT molecular complexity index is 1380. The molecule has 1 aliphatic rings. The number of aromatic nitrogens is 2. The second-order valence-electron chi connectivity index (χ2n) is 11.3. The molecule has 42 heavy (non-hydrogen) atoms. The van der Waals surface area contributed by atoms with Crippen molar-refractivity contribution in [3.05, 3.63) is 83.2 Å². The predicted octanol–water partition coefficient (Wildman–Crippen LogP) is 6.85. The van der Waals surface area contributed by atoms with E-state index < -0.39 is 29.2 Å². The monoisotopic (exact) mass is 584 g/mol. The molecular weight excluding hydrogens is 549 g/mol. The van der Waals surface area contributed by atoms with Crippen LogP contribution in [0.5, 0.6) is 0 Å². The summed E-state index contributed by atoms with van der Waals surface area (Å²) in [5.74, 6) is -1.41. The van der Waals surface area contributed by atoms with Crippen molar-refractivity contribution in [1.29, 1.82) is 0 Å². The first-order valence-electron chi connectivity index (χ1n) is 13.7. The first-order valence-corrected chi connectivity index (χ1v) is 13.7. The number of rotatable bonds is 8. The third kappa shape index (κ3) is 8.20. The summed E-state index contributed by atoms with van der Waals surface area (Å²) in [4.78, 5) is 34.5. The second-order valence-corrected chi connectivity index (χ2v) is 11.3. The van der Waals surface area contributed by atoms with Crippen molar-refractivity contribution in [1.82, 2.24) is 14.9 Å². The number of halogens is 3. The number of carbonyl (C=O) groups excluding carboxylic acids is 2. The smallest absolute Gasteiger partial charge is 0.419 e. The van der Waals surface area contributed by atoms with E-state index in [0.29, 0.717) is 18.8 Å². The predicted molar refractivity (Wildman–Crippen MR) is 151 cm³/mol. The highest BCUT2D eigenvalue weighted by Gasteiger charge is 2.38. The normalized spacial score (nSPS) is 16.2. The number of hydrogen-bond donors (Lipinski definition) is 1. The molecule has 0 bridgehead atoms.